The number of hydrogen-bond donors (Lipinski definition) is 2. The first-order valence-corrected chi connectivity index (χ1v) is 10.5. The SMILES string of the molecule is CN1CCN(C2CCN(C(=O)C(O)Cc3cc(Cl)c(N)c(C(F)(F)F)c3)CC2)CC1. The van der Waals surface area contributed by atoms with Crippen LogP contribution in [0.3, 0.4) is 0 Å². The van der Waals surface area contributed by atoms with Crippen LogP contribution in [-0.2, 0) is 17.4 Å². The Hall–Kier alpha value is -1.55. The second-order valence-electron chi connectivity index (χ2n) is 8.15. The minimum absolute atomic E-state index is 0.120. The van der Waals surface area contributed by atoms with Crippen molar-refractivity contribution in [2.75, 3.05) is 52.0 Å². The number of amides is 1. The molecule has 0 aromatic heterocycles. The lowest BCUT2D eigenvalue weighted by molar-refractivity contribution is -0.141. The molecule has 10 heteroatoms. The summed E-state index contributed by atoms with van der Waals surface area (Å²) in [5, 5.41) is 10.1. The number of anilines is 1. The fourth-order valence-electron chi connectivity index (χ4n) is 4.19. The van der Waals surface area contributed by atoms with E-state index in [2.05, 4.69) is 16.8 Å². The summed E-state index contributed by atoms with van der Waals surface area (Å²) in [7, 11) is 2.10. The van der Waals surface area contributed by atoms with Crippen LogP contribution in [-0.4, -0.2) is 84.2 Å². The Labute approximate surface area is 179 Å². The molecular weight excluding hydrogens is 421 g/mol. The van der Waals surface area contributed by atoms with Crippen molar-refractivity contribution in [3.63, 3.8) is 0 Å². The van der Waals surface area contributed by atoms with Gasteiger partial charge in [-0.05, 0) is 37.6 Å². The first-order valence-electron chi connectivity index (χ1n) is 10.1. The van der Waals surface area contributed by atoms with Gasteiger partial charge in [0.05, 0.1) is 16.3 Å². The van der Waals surface area contributed by atoms with E-state index in [1.54, 1.807) is 4.90 Å². The van der Waals surface area contributed by atoms with Crippen molar-refractivity contribution in [3.05, 3.63) is 28.3 Å². The van der Waals surface area contributed by atoms with Crippen LogP contribution in [0.1, 0.15) is 24.0 Å². The van der Waals surface area contributed by atoms with Crippen molar-refractivity contribution in [2.45, 2.75) is 37.6 Å². The average Bonchev–Trinajstić information content (AvgIpc) is 2.70. The van der Waals surface area contributed by atoms with Crippen molar-refractivity contribution < 1.29 is 23.1 Å². The highest BCUT2D eigenvalue weighted by atomic mass is 35.5. The second kappa shape index (κ2) is 9.30. The molecule has 2 saturated heterocycles. The number of aliphatic hydroxyl groups excluding tert-OH is 1. The number of aliphatic hydroxyl groups is 1. The number of hydrogen-bond acceptors (Lipinski definition) is 5. The number of carbonyl (C=O) groups excluding carboxylic acids is 1. The lowest BCUT2D eigenvalue weighted by Crippen LogP contribution is -2.54. The molecule has 1 aromatic carbocycles. The summed E-state index contributed by atoms with van der Waals surface area (Å²) >= 11 is 5.83. The van der Waals surface area contributed by atoms with Gasteiger partial charge in [-0.1, -0.05) is 11.6 Å². The number of nitrogens with two attached hydrogens (primary N) is 1. The van der Waals surface area contributed by atoms with Crippen LogP contribution in [0, 0.1) is 0 Å². The molecule has 2 aliphatic rings. The molecule has 30 heavy (non-hydrogen) atoms. The molecule has 2 aliphatic heterocycles. The molecule has 3 N–H and O–H groups in total. The van der Waals surface area contributed by atoms with Crippen LogP contribution in [0.4, 0.5) is 18.9 Å². The molecule has 0 radical (unpaired) electrons. The van der Waals surface area contributed by atoms with Gasteiger partial charge in [0, 0.05) is 51.7 Å². The number of likely N-dealkylation sites (tertiary alicyclic amines) is 1. The number of piperazine rings is 1. The zero-order valence-electron chi connectivity index (χ0n) is 17.0. The van der Waals surface area contributed by atoms with E-state index in [1.165, 1.54) is 6.07 Å². The second-order valence-corrected chi connectivity index (χ2v) is 8.56. The van der Waals surface area contributed by atoms with E-state index in [1.807, 2.05) is 0 Å². The Kier molecular flexibility index (Phi) is 7.16. The van der Waals surface area contributed by atoms with E-state index in [9.17, 15) is 23.1 Å². The Bertz CT molecular complexity index is 761. The number of nitrogens with zero attached hydrogens (tertiary/aromatic N) is 3. The van der Waals surface area contributed by atoms with E-state index in [0.29, 0.717) is 19.1 Å². The highest BCUT2D eigenvalue weighted by Crippen LogP contribution is 2.38. The van der Waals surface area contributed by atoms with Gasteiger partial charge in [-0.25, -0.2) is 0 Å². The normalized spacial score (nSPS) is 21.1. The number of nitrogen functional groups attached to an aromatic ring is 1. The van der Waals surface area contributed by atoms with Crippen LogP contribution >= 0.6 is 11.6 Å². The minimum Gasteiger partial charge on any atom is -0.397 e. The zero-order chi connectivity index (χ0) is 22.1. The number of likely N-dealkylation sites (N-methyl/N-ethyl adjacent to an activating group) is 1. The van der Waals surface area contributed by atoms with Gasteiger partial charge in [0.1, 0.15) is 6.10 Å². The van der Waals surface area contributed by atoms with Gasteiger partial charge in [-0.3, -0.25) is 9.69 Å². The van der Waals surface area contributed by atoms with E-state index in [-0.39, 0.29) is 17.0 Å². The highest BCUT2D eigenvalue weighted by Gasteiger charge is 2.35. The predicted octanol–water partition coefficient (Wildman–Crippen LogP) is 2.08. The van der Waals surface area contributed by atoms with Gasteiger partial charge in [0.15, 0.2) is 0 Å². The molecule has 1 unspecified atom stereocenters. The number of alkyl halides is 3. The number of rotatable bonds is 4. The largest absolute Gasteiger partial charge is 0.418 e. The third-order valence-corrected chi connectivity index (χ3v) is 6.35. The fraction of sp³-hybridized carbons (Fsp3) is 0.650. The third-order valence-electron chi connectivity index (χ3n) is 6.04. The average molecular weight is 449 g/mol. The van der Waals surface area contributed by atoms with Crippen LogP contribution in [0.2, 0.25) is 5.02 Å². The summed E-state index contributed by atoms with van der Waals surface area (Å²) in [6.45, 7) is 5.14. The van der Waals surface area contributed by atoms with Gasteiger partial charge in [0.2, 0.25) is 0 Å². The van der Waals surface area contributed by atoms with E-state index in [4.69, 9.17) is 17.3 Å². The summed E-state index contributed by atoms with van der Waals surface area (Å²) in [6, 6.07) is 2.53. The maximum atomic E-state index is 13.1. The van der Waals surface area contributed by atoms with Crippen LogP contribution in [0.25, 0.3) is 0 Å². The van der Waals surface area contributed by atoms with Crippen LogP contribution in [0.15, 0.2) is 12.1 Å². The van der Waals surface area contributed by atoms with Gasteiger partial charge in [-0.2, -0.15) is 13.2 Å². The standard InChI is InChI=1S/C20H28ClF3N4O2/c1-26-6-8-27(9-7-26)14-2-4-28(5-3-14)19(30)17(29)12-13-10-15(20(22,23)24)18(25)16(21)11-13/h10-11,14,17,29H,2-9,12,25H2,1H3. The molecule has 2 heterocycles. The maximum Gasteiger partial charge on any atom is 0.418 e. The minimum atomic E-state index is -4.66. The van der Waals surface area contributed by atoms with Gasteiger partial charge in [0.25, 0.3) is 5.91 Å². The highest BCUT2D eigenvalue weighted by molar-refractivity contribution is 6.33. The van der Waals surface area contributed by atoms with Crippen molar-refractivity contribution in [1.29, 1.82) is 0 Å². The van der Waals surface area contributed by atoms with Gasteiger partial charge < -0.3 is 20.6 Å². The van der Waals surface area contributed by atoms with Crippen molar-refractivity contribution in [3.8, 4) is 0 Å². The molecule has 0 spiro atoms. The predicted molar refractivity (Wildman–Crippen MR) is 109 cm³/mol. The fourth-order valence-corrected chi connectivity index (χ4v) is 4.43. The summed E-state index contributed by atoms with van der Waals surface area (Å²) in [4.78, 5) is 19.0. The number of halogens is 4. The molecule has 1 amide bonds. The summed E-state index contributed by atoms with van der Waals surface area (Å²) in [6.07, 6.45) is -4.68. The van der Waals surface area contributed by atoms with E-state index >= 15 is 0 Å². The van der Waals surface area contributed by atoms with Crippen molar-refractivity contribution >= 4 is 23.2 Å². The number of carbonyl (C=O) groups is 1. The molecule has 2 fully saturated rings. The summed E-state index contributed by atoms with van der Waals surface area (Å²) in [5.41, 5.74) is 3.94. The Morgan fingerprint density at radius 3 is 2.37 bits per heavy atom. The molecule has 0 aliphatic carbocycles. The molecule has 1 aromatic rings. The Balaban J connectivity index is 1.57. The quantitative estimate of drug-likeness (QED) is 0.690. The molecule has 3 rings (SSSR count). The van der Waals surface area contributed by atoms with E-state index < -0.39 is 29.4 Å². The van der Waals surface area contributed by atoms with Crippen molar-refractivity contribution in [2.24, 2.45) is 0 Å². The number of benzene rings is 1. The van der Waals surface area contributed by atoms with Gasteiger partial charge >= 0.3 is 6.18 Å². The Morgan fingerprint density at radius 1 is 1.20 bits per heavy atom. The molecule has 0 bridgehead atoms. The third kappa shape index (κ3) is 5.38. The smallest absolute Gasteiger partial charge is 0.397 e. The van der Waals surface area contributed by atoms with Crippen LogP contribution < -0.4 is 5.73 Å². The monoisotopic (exact) mass is 448 g/mol. The van der Waals surface area contributed by atoms with Gasteiger partial charge in [-0.15, -0.1) is 0 Å². The molecular formula is C20H28ClF3N4O2. The van der Waals surface area contributed by atoms with Crippen molar-refractivity contribution in [1.82, 2.24) is 14.7 Å². The topological polar surface area (TPSA) is 73.0 Å². The molecule has 1 atom stereocenters. The summed E-state index contributed by atoms with van der Waals surface area (Å²) in [5.74, 6) is -0.465. The first kappa shape index (κ1) is 23.1. The first-order chi connectivity index (χ1) is 14.1. The lowest BCUT2D eigenvalue weighted by atomic mass is 9.99. The maximum absolute atomic E-state index is 13.1. The summed E-state index contributed by atoms with van der Waals surface area (Å²) < 4.78 is 39.4. The zero-order valence-corrected chi connectivity index (χ0v) is 17.7. The van der Waals surface area contributed by atoms with Crippen LogP contribution in [0.5, 0.6) is 0 Å². The molecule has 0 saturated carbocycles. The number of piperidine rings is 1. The van der Waals surface area contributed by atoms with E-state index in [0.717, 1.165) is 45.1 Å². The molecule has 168 valence electrons. The lowest BCUT2D eigenvalue weighted by Gasteiger charge is -2.42. The molecule has 6 nitrogen and oxygen atoms in total. The Morgan fingerprint density at radius 2 is 1.80 bits per heavy atom.